The van der Waals surface area contributed by atoms with Gasteiger partial charge in [0.25, 0.3) is 11.5 Å². The molecule has 11 heteroatoms. The third-order valence-electron chi connectivity index (χ3n) is 4.31. The van der Waals surface area contributed by atoms with Crippen molar-refractivity contribution in [2.24, 2.45) is 0 Å². The van der Waals surface area contributed by atoms with E-state index < -0.39 is 5.91 Å². The zero-order chi connectivity index (χ0) is 24.9. The molecule has 178 valence electrons. The maximum absolute atomic E-state index is 12.8. The smallest absolute Gasteiger partial charge is 0.270 e. The maximum Gasteiger partial charge on any atom is 0.270 e. The lowest BCUT2D eigenvalue weighted by atomic mass is 10.2. The van der Waals surface area contributed by atoms with E-state index >= 15 is 0 Å². The number of nitriles is 1. The average molecular weight is 484 g/mol. The van der Waals surface area contributed by atoms with Gasteiger partial charge in [-0.1, -0.05) is 12.0 Å². The average Bonchev–Trinajstić information content (AvgIpc) is 3.14. The highest BCUT2D eigenvalue weighted by Crippen LogP contribution is 2.15. The molecule has 2 aromatic rings. The number of nitrogens with one attached hydrogen (secondary N) is 3. The Balaban J connectivity index is 2.26. The van der Waals surface area contributed by atoms with E-state index in [1.54, 1.807) is 38.3 Å². The normalized spacial score (nSPS) is 11.8. The highest BCUT2D eigenvalue weighted by atomic mass is 32.1. The molecule has 0 aliphatic heterocycles. The summed E-state index contributed by atoms with van der Waals surface area (Å²) in [4.78, 5) is 37.0. The van der Waals surface area contributed by atoms with Crippen molar-refractivity contribution < 1.29 is 19.1 Å². The summed E-state index contributed by atoms with van der Waals surface area (Å²) in [5.74, 6) is 1.32. The van der Waals surface area contributed by atoms with Crippen LogP contribution in [0.5, 0.6) is 0 Å². The predicted molar refractivity (Wildman–Crippen MR) is 130 cm³/mol. The Labute approximate surface area is 200 Å². The lowest BCUT2D eigenvalue weighted by Gasteiger charge is -2.08. The van der Waals surface area contributed by atoms with Crippen LogP contribution in [0.15, 0.2) is 29.1 Å². The van der Waals surface area contributed by atoms with Crippen LogP contribution in [0, 0.1) is 23.7 Å². The summed E-state index contributed by atoms with van der Waals surface area (Å²) in [7, 11) is 1.55. The third-order valence-corrected chi connectivity index (χ3v) is 5.44. The van der Waals surface area contributed by atoms with Gasteiger partial charge in [0.2, 0.25) is 5.91 Å². The zero-order valence-electron chi connectivity index (χ0n) is 18.8. The summed E-state index contributed by atoms with van der Waals surface area (Å²) in [5, 5.41) is 17.7. The van der Waals surface area contributed by atoms with Gasteiger partial charge in [0.05, 0.1) is 19.8 Å². The van der Waals surface area contributed by atoms with Crippen molar-refractivity contribution in [2.75, 3.05) is 44.1 Å². The number of carbonyl (C=O) groups excluding carboxylic acids is 2. The van der Waals surface area contributed by atoms with Crippen LogP contribution >= 0.6 is 11.3 Å². The molecule has 0 spiro atoms. The monoisotopic (exact) mass is 483 g/mol. The Morgan fingerprint density at radius 1 is 1.29 bits per heavy atom. The molecular formula is C23H25N5O5S. The molecule has 2 rings (SSSR count). The molecule has 0 aliphatic rings. The summed E-state index contributed by atoms with van der Waals surface area (Å²) >= 11 is 1.02. The number of nitrogens with zero attached hydrogens (tertiary/aromatic N) is 2. The van der Waals surface area contributed by atoms with Gasteiger partial charge in [-0.2, -0.15) is 5.26 Å². The molecule has 10 nitrogen and oxygen atoms in total. The summed E-state index contributed by atoms with van der Waals surface area (Å²) in [6.45, 7) is 2.60. The van der Waals surface area contributed by atoms with Gasteiger partial charge < -0.3 is 25.4 Å². The van der Waals surface area contributed by atoms with Crippen molar-refractivity contribution in [2.45, 2.75) is 13.5 Å². The van der Waals surface area contributed by atoms with Crippen molar-refractivity contribution >= 4 is 46.3 Å². The molecule has 1 aromatic heterocycles. The van der Waals surface area contributed by atoms with Crippen LogP contribution in [-0.4, -0.2) is 49.9 Å². The van der Waals surface area contributed by atoms with Gasteiger partial charge >= 0.3 is 0 Å². The molecule has 3 N–H and O–H groups in total. The van der Waals surface area contributed by atoms with Crippen molar-refractivity contribution in [1.82, 2.24) is 9.88 Å². The van der Waals surface area contributed by atoms with Crippen LogP contribution in [0.1, 0.15) is 6.92 Å². The molecule has 0 bridgehead atoms. The highest BCUT2D eigenvalue weighted by Gasteiger charge is 2.14. The molecule has 0 saturated carbocycles. The number of rotatable bonds is 11. The number of hydrogen-bond acceptors (Lipinski definition) is 8. The quantitative estimate of drug-likeness (QED) is 0.298. The van der Waals surface area contributed by atoms with Crippen molar-refractivity contribution in [3.8, 4) is 18.4 Å². The van der Waals surface area contributed by atoms with Crippen LogP contribution in [0.3, 0.4) is 0 Å². The van der Waals surface area contributed by atoms with E-state index in [0.717, 1.165) is 11.3 Å². The Hall–Kier alpha value is -3.90. The van der Waals surface area contributed by atoms with E-state index in [9.17, 15) is 19.6 Å². The van der Waals surface area contributed by atoms with Crippen molar-refractivity contribution in [1.29, 1.82) is 5.26 Å². The Bertz CT molecular complexity index is 1280. The lowest BCUT2D eigenvalue weighted by Crippen LogP contribution is -2.34. The van der Waals surface area contributed by atoms with Gasteiger partial charge in [-0.3, -0.25) is 19.0 Å². The molecule has 0 atom stereocenters. The lowest BCUT2D eigenvalue weighted by molar-refractivity contribution is -0.121. The Morgan fingerprint density at radius 2 is 2.06 bits per heavy atom. The summed E-state index contributed by atoms with van der Waals surface area (Å²) in [5.41, 5.74) is 0.634. The van der Waals surface area contributed by atoms with E-state index in [2.05, 4.69) is 21.9 Å². The number of aromatic nitrogens is 1. The van der Waals surface area contributed by atoms with Gasteiger partial charge in [0.15, 0.2) is 5.57 Å². The minimum atomic E-state index is -0.641. The van der Waals surface area contributed by atoms with Crippen molar-refractivity contribution in [3.05, 3.63) is 43.8 Å². The van der Waals surface area contributed by atoms with Gasteiger partial charge in [-0.15, -0.1) is 17.8 Å². The molecule has 1 heterocycles. The molecule has 0 unspecified atom stereocenters. The molecular weight excluding hydrogens is 458 g/mol. The number of anilines is 2. The molecule has 0 fully saturated rings. The second-order valence-electron chi connectivity index (χ2n) is 6.66. The SMILES string of the molecule is C#CCNC(=O)C(C#N)=c1sc(=CNc2cccc(NC(=O)COCCOC)c2)c(=O)n1CC. The Morgan fingerprint density at radius 3 is 2.74 bits per heavy atom. The van der Waals surface area contributed by atoms with Gasteiger partial charge in [0, 0.05) is 31.2 Å². The van der Waals surface area contributed by atoms with E-state index in [0.29, 0.717) is 29.1 Å². The Kier molecular flexibility index (Phi) is 10.5. The predicted octanol–water partition coefficient (Wildman–Crippen LogP) is -0.195. The van der Waals surface area contributed by atoms with E-state index in [1.807, 2.05) is 6.07 Å². The largest absolute Gasteiger partial charge is 0.382 e. The number of hydrogen-bond donors (Lipinski definition) is 3. The van der Waals surface area contributed by atoms with E-state index in [1.165, 1.54) is 10.8 Å². The standard InChI is InChI=1S/C23H25N5O5S/c1-4-9-25-21(30)18(13-24)23-28(5-2)22(31)19(34-23)14-26-16-7-6-8-17(12-16)27-20(29)15-33-11-10-32-3/h1,6-8,12,14,26H,5,9-11,15H2,2-3H3,(H,25,30)(H,27,29). The number of terminal acetylenes is 1. The van der Waals surface area contributed by atoms with Crippen LogP contribution in [-0.2, 0) is 25.6 Å². The number of ether oxygens (including phenoxy) is 2. The number of benzene rings is 1. The minimum absolute atomic E-state index is 0.0293. The fourth-order valence-electron chi connectivity index (χ4n) is 2.75. The molecule has 1 aromatic carbocycles. The molecule has 34 heavy (non-hydrogen) atoms. The maximum atomic E-state index is 12.8. The van der Waals surface area contributed by atoms with E-state index in [-0.39, 0.29) is 41.4 Å². The minimum Gasteiger partial charge on any atom is -0.382 e. The first-order chi connectivity index (χ1) is 16.4. The molecule has 0 aliphatic carbocycles. The third kappa shape index (κ3) is 7.32. The van der Waals surface area contributed by atoms with Gasteiger partial charge in [-0.25, -0.2) is 0 Å². The molecule has 0 saturated heterocycles. The first kappa shape index (κ1) is 26.4. The first-order valence-corrected chi connectivity index (χ1v) is 11.1. The van der Waals surface area contributed by atoms with Crippen molar-refractivity contribution in [3.63, 3.8) is 0 Å². The second kappa shape index (κ2) is 13.6. The fourth-order valence-corrected chi connectivity index (χ4v) is 3.83. The number of thiazole rings is 1. The first-order valence-electron chi connectivity index (χ1n) is 10.2. The highest BCUT2D eigenvalue weighted by molar-refractivity contribution is 7.07. The van der Waals surface area contributed by atoms with E-state index in [4.69, 9.17) is 15.9 Å². The van der Waals surface area contributed by atoms with Crippen LogP contribution < -0.4 is 30.7 Å². The zero-order valence-corrected chi connectivity index (χ0v) is 19.7. The summed E-state index contributed by atoms with van der Waals surface area (Å²) < 4.78 is 11.9. The number of methoxy groups -OCH3 is 1. The molecule has 0 radical (unpaired) electrons. The summed E-state index contributed by atoms with van der Waals surface area (Å²) in [6, 6.07) is 8.76. The molecule has 2 amide bonds. The van der Waals surface area contributed by atoms with Gasteiger partial charge in [-0.05, 0) is 25.1 Å². The number of amides is 2. The number of carbonyl (C=O) groups is 2. The van der Waals surface area contributed by atoms with Crippen LogP contribution in [0.25, 0.3) is 11.8 Å². The van der Waals surface area contributed by atoms with Crippen LogP contribution in [0.2, 0.25) is 0 Å². The summed E-state index contributed by atoms with van der Waals surface area (Å²) in [6.07, 6.45) is 6.64. The topological polar surface area (TPSA) is 134 Å². The van der Waals surface area contributed by atoms with Gasteiger partial charge in [0.1, 0.15) is 21.9 Å². The second-order valence-corrected chi connectivity index (χ2v) is 7.69. The fraction of sp³-hybridized carbons (Fsp3) is 0.304. The van der Waals surface area contributed by atoms with Crippen LogP contribution in [0.4, 0.5) is 11.4 Å².